The summed E-state index contributed by atoms with van der Waals surface area (Å²) in [6, 6.07) is 3.69. The van der Waals surface area contributed by atoms with Crippen molar-refractivity contribution in [1.29, 1.82) is 0 Å². The number of nitrogens with zero attached hydrogens (tertiary/aromatic N) is 1. The molecule has 0 aliphatic carbocycles. The zero-order valence-electron chi connectivity index (χ0n) is 10.8. The molecule has 0 aromatic heterocycles. The second-order valence-electron chi connectivity index (χ2n) is 3.83. The lowest BCUT2D eigenvalue weighted by Gasteiger charge is -2.07. The van der Waals surface area contributed by atoms with Crippen molar-refractivity contribution in [2.24, 2.45) is 5.73 Å². The number of nitrogens with two attached hydrogens (primary N) is 1. The minimum atomic E-state index is -0.759. The van der Waals surface area contributed by atoms with Crippen molar-refractivity contribution >= 4 is 17.6 Å². The van der Waals surface area contributed by atoms with E-state index >= 15 is 0 Å². The first-order valence-electron chi connectivity index (χ1n) is 5.73. The molecule has 0 aliphatic rings. The van der Waals surface area contributed by atoms with Gasteiger partial charge in [0.15, 0.2) is 5.75 Å². The van der Waals surface area contributed by atoms with Crippen LogP contribution >= 0.6 is 0 Å². The fourth-order valence-corrected chi connectivity index (χ4v) is 1.44. The summed E-state index contributed by atoms with van der Waals surface area (Å²) in [5.41, 5.74) is 4.73. The lowest BCUT2D eigenvalue weighted by molar-refractivity contribution is -0.385. The van der Waals surface area contributed by atoms with Crippen LogP contribution in [-0.4, -0.2) is 30.5 Å². The van der Waals surface area contributed by atoms with Gasteiger partial charge in [0.05, 0.1) is 18.6 Å². The van der Waals surface area contributed by atoms with Crippen LogP contribution in [0.2, 0.25) is 0 Å². The molecule has 0 spiro atoms. The van der Waals surface area contributed by atoms with Crippen LogP contribution in [0.15, 0.2) is 18.2 Å². The predicted octanol–water partition coefficient (Wildman–Crippen LogP) is 1.03. The monoisotopic (exact) mass is 282 g/mol. The second kappa shape index (κ2) is 7.07. The number of ether oxygens (including phenoxy) is 2. The Bertz CT molecular complexity index is 529. The number of carbonyl (C=O) groups is 2. The fraction of sp³-hybridized carbons (Fsp3) is 0.333. The third kappa shape index (κ3) is 4.23. The highest BCUT2D eigenvalue weighted by Gasteiger charge is 2.17. The van der Waals surface area contributed by atoms with Crippen LogP contribution in [0, 0.1) is 10.1 Å². The molecule has 0 atom stereocenters. The van der Waals surface area contributed by atoms with E-state index in [9.17, 15) is 19.7 Å². The number of hydrogen-bond acceptors (Lipinski definition) is 6. The van der Waals surface area contributed by atoms with Crippen molar-refractivity contribution in [2.45, 2.75) is 12.8 Å². The van der Waals surface area contributed by atoms with Gasteiger partial charge in [-0.25, -0.2) is 0 Å². The van der Waals surface area contributed by atoms with Crippen LogP contribution in [0.25, 0.3) is 0 Å². The first-order chi connectivity index (χ1) is 9.45. The van der Waals surface area contributed by atoms with E-state index in [0.717, 1.165) is 6.07 Å². The maximum absolute atomic E-state index is 11.0. The zero-order chi connectivity index (χ0) is 15.1. The Balaban J connectivity index is 2.72. The number of esters is 1. The van der Waals surface area contributed by atoms with Crippen molar-refractivity contribution in [1.82, 2.24) is 0 Å². The molecule has 8 heteroatoms. The number of benzene rings is 1. The Hall–Kier alpha value is -2.64. The van der Waals surface area contributed by atoms with Gasteiger partial charge in [-0.3, -0.25) is 19.7 Å². The fourth-order valence-electron chi connectivity index (χ4n) is 1.44. The van der Waals surface area contributed by atoms with Crippen LogP contribution in [-0.2, 0) is 9.53 Å². The average Bonchev–Trinajstić information content (AvgIpc) is 2.42. The Kier molecular flexibility index (Phi) is 5.45. The summed E-state index contributed by atoms with van der Waals surface area (Å²) in [4.78, 5) is 32.1. The van der Waals surface area contributed by atoms with Crippen molar-refractivity contribution in [3.05, 3.63) is 33.9 Å². The Morgan fingerprint density at radius 2 is 2.10 bits per heavy atom. The van der Waals surface area contributed by atoms with Gasteiger partial charge in [0, 0.05) is 18.1 Å². The van der Waals surface area contributed by atoms with Crippen molar-refractivity contribution in [3.63, 3.8) is 0 Å². The smallest absolute Gasteiger partial charge is 0.311 e. The summed E-state index contributed by atoms with van der Waals surface area (Å²) >= 11 is 0. The maximum atomic E-state index is 11.0. The van der Waals surface area contributed by atoms with Crippen molar-refractivity contribution in [2.75, 3.05) is 13.7 Å². The first kappa shape index (κ1) is 15.4. The van der Waals surface area contributed by atoms with E-state index in [1.165, 1.54) is 19.2 Å². The van der Waals surface area contributed by atoms with Gasteiger partial charge < -0.3 is 15.2 Å². The van der Waals surface area contributed by atoms with E-state index < -0.39 is 10.8 Å². The summed E-state index contributed by atoms with van der Waals surface area (Å²) in [5, 5.41) is 10.9. The summed E-state index contributed by atoms with van der Waals surface area (Å²) in [6.07, 6.45) is 0.519. The predicted molar refractivity (Wildman–Crippen MR) is 68.4 cm³/mol. The largest absolute Gasteiger partial charge is 0.487 e. The van der Waals surface area contributed by atoms with E-state index in [1.807, 2.05) is 0 Å². The first-order valence-corrected chi connectivity index (χ1v) is 5.73. The van der Waals surface area contributed by atoms with Crippen molar-refractivity contribution < 1.29 is 24.0 Å². The highest BCUT2D eigenvalue weighted by Crippen LogP contribution is 2.28. The van der Waals surface area contributed by atoms with E-state index in [1.54, 1.807) is 0 Å². The van der Waals surface area contributed by atoms with Crippen molar-refractivity contribution in [3.8, 4) is 5.75 Å². The Morgan fingerprint density at radius 3 is 2.65 bits per heavy atom. The molecule has 0 aliphatic heterocycles. The second-order valence-corrected chi connectivity index (χ2v) is 3.83. The minimum absolute atomic E-state index is 0.0184. The topological polar surface area (TPSA) is 122 Å². The number of primary amides is 1. The molecule has 1 amide bonds. The molecule has 0 unspecified atom stereocenters. The molecule has 0 radical (unpaired) electrons. The van der Waals surface area contributed by atoms with Gasteiger partial charge in [0.25, 0.3) is 0 Å². The van der Waals surface area contributed by atoms with Gasteiger partial charge in [-0.15, -0.1) is 0 Å². The lowest BCUT2D eigenvalue weighted by atomic mass is 10.2. The van der Waals surface area contributed by atoms with E-state index in [0.29, 0.717) is 6.42 Å². The van der Waals surface area contributed by atoms with Crippen LogP contribution in [0.4, 0.5) is 5.69 Å². The third-order valence-corrected chi connectivity index (χ3v) is 2.45. The lowest BCUT2D eigenvalue weighted by Crippen LogP contribution is -2.11. The molecule has 8 nitrogen and oxygen atoms in total. The number of methoxy groups -OCH3 is 1. The molecule has 0 heterocycles. The normalized spacial score (nSPS) is 9.85. The Labute approximate surface area is 114 Å². The number of amides is 1. The van der Waals surface area contributed by atoms with Gasteiger partial charge in [0.1, 0.15) is 0 Å². The van der Waals surface area contributed by atoms with Gasteiger partial charge in [-0.1, -0.05) is 0 Å². The summed E-state index contributed by atoms with van der Waals surface area (Å²) in [7, 11) is 1.27. The van der Waals surface area contributed by atoms with Gasteiger partial charge in [0.2, 0.25) is 5.91 Å². The van der Waals surface area contributed by atoms with E-state index in [2.05, 4.69) is 4.74 Å². The molecule has 1 rings (SSSR count). The van der Waals surface area contributed by atoms with Crippen LogP contribution < -0.4 is 10.5 Å². The molecule has 0 fully saturated rings. The molecule has 2 N–H and O–H groups in total. The molecule has 20 heavy (non-hydrogen) atoms. The highest BCUT2D eigenvalue weighted by molar-refractivity contribution is 5.93. The van der Waals surface area contributed by atoms with Crippen LogP contribution in [0.5, 0.6) is 5.75 Å². The van der Waals surface area contributed by atoms with Gasteiger partial charge >= 0.3 is 11.7 Å². The molecule has 108 valence electrons. The summed E-state index contributed by atoms with van der Waals surface area (Å²) < 4.78 is 9.68. The van der Waals surface area contributed by atoms with Gasteiger partial charge in [-0.2, -0.15) is 0 Å². The molecular weight excluding hydrogens is 268 g/mol. The van der Waals surface area contributed by atoms with Crippen LogP contribution in [0.1, 0.15) is 23.2 Å². The molecule has 0 saturated heterocycles. The number of nitro groups is 1. The zero-order valence-corrected chi connectivity index (χ0v) is 10.8. The molecular formula is C12H14N2O6. The Morgan fingerprint density at radius 1 is 1.40 bits per heavy atom. The molecule has 1 aromatic carbocycles. The third-order valence-electron chi connectivity index (χ3n) is 2.45. The minimum Gasteiger partial charge on any atom is -0.487 e. The number of nitro benzene ring substituents is 1. The summed E-state index contributed by atoms with van der Waals surface area (Å²) in [6.45, 7) is 0.117. The molecule has 1 aromatic rings. The van der Waals surface area contributed by atoms with E-state index in [4.69, 9.17) is 10.5 Å². The van der Waals surface area contributed by atoms with Gasteiger partial charge in [-0.05, 0) is 18.6 Å². The molecule has 0 saturated carbocycles. The average molecular weight is 282 g/mol. The molecule has 0 bridgehead atoms. The standard InChI is InChI=1S/C12H14N2O6/c1-19-11(15)3-2-6-20-10-5-4-8(12(13)16)7-9(10)14(17)18/h4-5,7H,2-3,6H2,1H3,(H2,13,16). The maximum Gasteiger partial charge on any atom is 0.311 e. The van der Waals surface area contributed by atoms with Crippen LogP contribution in [0.3, 0.4) is 0 Å². The van der Waals surface area contributed by atoms with E-state index in [-0.39, 0.29) is 36.0 Å². The SMILES string of the molecule is COC(=O)CCCOc1ccc(C(N)=O)cc1[N+](=O)[O-]. The number of hydrogen-bond donors (Lipinski definition) is 1. The quantitative estimate of drug-likeness (QED) is 0.345. The number of carbonyl (C=O) groups excluding carboxylic acids is 2. The number of rotatable bonds is 7. The highest BCUT2D eigenvalue weighted by atomic mass is 16.6. The summed E-state index contributed by atoms with van der Waals surface area (Å²) in [5.74, 6) is -1.12.